The van der Waals surface area contributed by atoms with Gasteiger partial charge in [-0.05, 0) is 61.9 Å². The lowest BCUT2D eigenvalue weighted by Gasteiger charge is -2.29. The molecule has 2 aromatic carbocycles. The zero-order valence-electron chi connectivity index (χ0n) is 15.0. The largest absolute Gasteiger partial charge is 0.481 e. The van der Waals surface area contributed by atoms with Gasteiger partial charge in [-0.15, -0.1) is 0 Å². The summed E-state index contributed by atoms with van der Waals surface area (Å²) in [7, 11) is 0. The third-order valence-electron chi connectivity index (χ3n) is 4.32. The van der Waals surface area contributed by atoms with Crippen LogP contribution in [0.1, 0.15) is 12.5 Å². The van der Waals surface area contributed by atoms with Gasteiger partial charge < -0.3 is 19.7 Å². The van der Waals surface area contributed by atoms with Gasteiger partial charge >= 0.3 is 0 Å². The van der Waals surface area contributed by atoms with Crippen molar-refractivity contribution in [2.45, 2.75) is 20.0 Å². The fourth-order valence-electron chi connectivity index (χ4n) is 2.81. The maximum atomic E-state index is 12.4. The first-order valence-electron chi connectivity index (χ1n) is 8.69. The number of halogens is 1. The molecule has 0 radical (unpaired) electrons. The molecule has 0 unspecified atom stereocenters. The lowest BCUT2D eigenvalue weighted by Crippen LogP contribution is -2.36. The van der Waals surface area contributed by atoms with Crippen LogP contribution in [-0.2, 0) is 9.53 Å². The van der Waals surface area contributed by atoms with Crippen molar-refractivity contribution in [1.82, 2.24) is 0 Å². The standard InChI is InChI=1S/C20H23ClN2O3/c1-14-13-16(21)3-8-19(14)26-15(2)20(24)22-17-4-6-18(7-5-17)23-9-11-25-12-10-23/h3-8,13,15H,9-12H2,1-2H3,(H,22,24)/t15-/m1/s1. The average Bonchev–Trinajstić information content (AvgIpc) is 2.65. The number of carbonyl (C=O) groups is 1. The predicted octanol–water partition coefficient (Wildman–Crippen LogP) is 3.89. The Balaban J connectivity index is 1.58. The summed E-state index contributed by atoms with van der Waals surface area (Å²) in [5.41, 5.74) is 2.77. The van der Waals surface area contributed by atoms with Crippen LogP contribution in [0.2, 0.25) is 5.02 Å². The van der Waals surface area contributed by atoms with E-state index in [1.165, 1.54) is 0 Å². The number of ether oxygens (including phenoxy) is 2. The van der Waals surface area contributed by atoms with E-state index in [4.69, 9.17) is 21.1 Å². The number of benzene rings is 2. The highest BCUT2D eigenvalue weighted by molar-refractivity contribution is 6.30. The quantitative estimate of drug-likeness (QED) is 0.862. The van der Waals surface area contributed by atoms with Crippen LogP contribution in [0.15, 0.2) is 42.5 Å². The van der Waals surface area contributed by atoms with E-state index in [0.717, 1.165) is 43.2 Å². The highest BCUT2D eigenvalue weighted by Gasteiger charge is 2.16. The number of nitrogens with zero attached hydrogens (tertiary/aromatic N) is 1. The lowest BCUT2D eigenvalue weighted by molar-refractivity contribution is -0.122. The molecule has 26 heavy (non-hydrogen) atoms. The molecule has 0 spiro atoms. The average molecular weight is 375 g/mol. The maximum Gasteiger partial charge on any atom is 0.265 e. The number of rotatable bonds is 5. The first kappa shape index (κ1) is 18.5. The van der Waals surface area contributed by atoms with Gasteiger partial charge in [0, 0.05) is 29.5 Å². The molecule has 1 heterocycles. The molecule has 2 aromatic rings. The molecule has 1 atom stereocenters. The van der Waals surface area contributed by atoms with Crippen molar-refractivity contribution in [3.8, 4) is 5.75 Å². The first-order valence-corrected chi connectivity index (χ1v) is 9.07. The summed E-state index contributed by atoms with van der Waals surface area (Å²) in [5, 5.41) is 3.54. The molecule has 1 N–H and O–H groups in total. The van der Waals surface area contributed by atoms with Crippen molar-refractivity contribution in [2.24, 2.45) is 0 Å². The molecule has 6 heteroatoms. The molecular formula is C20H23ClN2O3. The summed E-state index contributed by atoms with van der Waals surface area (Å²) in [6.07, 6.45) is -0.617. The second-order valence-corrected chi connectivity index (χ2v) is 6.74. The van der Waals surface area contributed by atoms with E-state index in [2.05, 4.69) is 10.2 Å². The second kappa shape index (κ2) is 8.43. The molecule has 0 saturated carbocycles. The molecule has 1 fully saturated rings. The van der Waals surface area contributed by atoms with Crippen molar-refractivity contribution in [3.05, 3.63) is 53.1 Å². The monoisotopic (exact) mass is 374 g/mol. The maximum absolute atomic E-state index is 12.4. The van der Waals surface area contributed by atoms with Crippen molar-refractivity contribution < 1.29 is 14.3 Å². The van der Waals surface area contributed by atoms with E-state index in [1.54, 1.807) is 19.1 Å². The number of anilines is 2. The zero-order valence-corrected chi connectivity index (χ0v) is 15.8. The molecule has 5 nitrogen and oxygen atoms in total. The third-order valence-corrected chi connectivity index (χ3v) is 4.56. The van der Waals surface area contributed by atoms with Gasteiger partial charge in [0.05, 0.1) is 13.2 Å². The van der Waals surface area contributed by atoms with E-state index < -0.39 is 6.10 Å². The number of hydrogen-bond acceptors (Lipinski definition) is 4. The fourth-order valence-corrected chi connectivity index (χ4v) is 3.04. The highest BCUT2D eigenvalue weighted by atomic mass is 35.5. The predicted molar refractivity (Wildman–Crippen MR) is 104 cm³/mol. The second-order valence-electron chi connectivity index (χ2n) is 6.31. The van der Waals surface area contributed by atoms with Crippen LogP contribution in [0.3, 0.4) is 0 Å². The SMILES string of the molecule is Cc1cc(Cl)ccc1O[C@H](C)C(=O)Nc1ccc(N2CCOCC2)cc1. The van der Waals surface area contributed by atoms with Gasteiger partial charge in [0.15, 0.2) is 6.10 Å². The van der Waals surface area contributed by atoms with Gasteiger partial charge in [0.25, 0.3) is 5.91 Å². The van der Waals surface area contributed by atoms with Crippen molar-refractivity contribution >= 4 is 28.9 Å². The Hall–Kier alpha value is -2.24. The van der Waals surface area contributed by atoms with Crippen LogP contribution in [0.5, 0.6) is 5.75 Å². The smallest absolute Gasteiger partial charge is 0.265 e. The molecule has 1 aliphatic rings. The first-order chi connectivity index (χ1) is 12.5. The molecule has 1 aliphatic heterocycles. The van der Waals surface area contributed by atoms with Crippen LogP contribution in [-0.4, -0.2) is 38.3 Å². The van der Waals surface area contributed by atoms with Gasteiger partial charge in [-0.25, -0.2) is 0 Å². The van der Waals surface area contributed by atoms with E-state index in [-0.39, 0.29) is 5.91 Å². The molecule has 138 valence electrons. The summed E-state index contributed by atoms with van der Waals surface area (Å²) in [5.74, 6) is 0.457. The number of carbonyl (C=O) groups excluding carboxylic acids is 1. The van der Waals surface area contributed by atoms with Crippen LogP contribution in [0.25, 0.3) is 0 Å². The number of aryl methyl sites for hydroxylation is 1. The van der Waals surface area contributed by atoms with Crippen LogP contribution < -0.4 is 15.0 Å². The summed E-state index contributed by atoms with van der Waals surface area (Å²) in [6.45, 7) is 6.89. The van der Waals surface area contributed by atoms with Gasteiger partial charge in [0.2, 0.25) is 0 Å². The number of hydrogen-bond donors (Lipinski definition) is 1. The minimum Gasteiger partial charge on any atom is -0.481 e. The van der Waals surface area contributed by atoms with Gasteiger partial charge in [-0.3, -0.25) is 4.79 Å². The Labute approximate surface area is 158 Å². The molecule has 1 saturated heterocycles. The summed E-state index contributed by atoms with van der Waals surface area (Å²) < 4.78 is 11.1. The van der Waals surface area contributed by atoms with Crippen LogP contribution >= 0.6 is 11.6 Å². The van der Waals surface area contributed by atoms with E-state index in [1.807, 2.05) is 37.3 Å². The minimum absolute atomic E-state index is 0.196. The normalized spacial score (nSPS) is 15.4. The minimum atomic E-state index is -0.617. The molecular weight excluding hydrogens is 352 g/mol. The molecule has 0 aliphatic carbocycles. The van der Waals surface area contributed by atoms with Crippen LogP contribution in [0.4, 0.5) is 11.4 Å². The number of amides is 1. The third kappa shape index (κ3) is 4.68. The van der Waals surface area contributed by atoms with Gasteiger partial charge in [-0.2, -0.15) is 0 Å². The summed E-state index contributed by atoms with van der Waals surface area (Å²) in [6, 6.07) is 13.2. The number of morpholine rings is 1. The Morgan fingerprint density at radius 2 is 1.88 bits per heavy atom. The fraction of sp³-hybridized carbons (Fsp3) is 0.350. The molecule has 1 amide bonds. The van der Waals surface area contributed by atoms with E-state index >= 15 is 0 Å². The Morgan fingerprint density at radius 3 is 2.54 bits per heavy atom. The van der Waals surface area contributed by atoms with Gasteiger partial charge in [0.1, 0.15) is 5.75 Å². The van der Waals surface area contributed by atoms with Crippen molar-refractivity contribution in [1.29, 1.82) is 0 Å². The lowest BCUT2D eigenvalue weighted by atomic mass is 10.2. The summed E-state index contributed by atoms with van der Waals surface area (Å²) in [4.78, 5) is 14.7. The Bertz CT molecular complexity index is 758. The molecule has 3 rings (SSSR count). The van der Waals surface area contributed by atoms with Crippen LogP contribution in [0, 0.1) is 6.92 Å². The number of nitrogens with one attached hydrogen (secondary N) is 1. The topological polar surface area (TPSA) is 50.8 Å². The molecule has 0 bridgehead atoms. The highest BCUT2D eigenvalue weighted by Crippen LogP contribution is 2.23. The Kier molecular flexibility index (Phi) is 6.01. The van der Waals surface area contributed by atoms with Gasteiger partial charge in [-0.1, -0.05) is 11.6 Å². The Morgan fingerprint density at radius 1 is 1.19 bits per heavy atom. The zero-order chi connectivity index (χ0) is 18.5. The molecule has 0 aromatic heterocycles. The van der Waals surface area contributed by atoms with E-state index in [0.29, 0.717) is 10.8 Å². The summed E-state index contributed by atoms with van der Waals surface area (Å²) >= 11 is 5.95. The van der Waals surface area contributed by atoms with Crippen molar-refractivity contribution in [3.63, 3.8) is 0 Å². The van der Waals surface area contributed by atoms with Crippen molar-refractivity contribution in [2.75, 3.05) is 36.5 Å². The van der Waals surface area contributed by atoms with E-state index in [9.17, 15) is 4.79 Å².